The van der Waals surface area contributed by atoms with Gasteiger partial charge in [-0.15, -0.1) is 0 Å². The number of nitrogens with zero attached hydrogens (tertiary/aromatic N) is 3. The van der Waals surface area contributed by atoms with Crippen molar-refractivity contribution in [3.63, 3.8) is 0 Å². The standard InChI is InChI=1S/C13H7ClF2N4O/c14-6-1-2-11(18-5-6)12-19-13(21-20-12)7-3-10(17)9(16)4-8(7)15/h1-5H,17H2. The van der Waals surface area contributed by atoms with Gasteiger partial charge in [0.25, 0.3) is 5.89 Å². The number of pyridine rings is 1. The fourth-order valence-electron chi connectivity index (χ4n) is 1.67. The molecule has 2 aromatic heterocycles. The lowest BCUT2D eigenvalue weighted by Crippen LogP contribution is -1.94. The molecule has 0 aliphatic carbocycles. The first kappa shape index (κ1) is 13.4. The van der Waals surface area contributed by atoms with Crippen molar-refractivity contribution in [1.29, 1.82) is 0 Å². The number of aromatic nitrogens is 3. The second kappa shape index (κ2) is 5.10. The van der Waals surface area contributed by atoms with E-state index in [1.807, 2.05) is 0 Å². The highest BCUT2D eigenvalue weighted by Crippen LogP contribution is 2.27. The van der Waals surface area contributed by atoms with Crippen LogP contribution in [0.15, 0.2) is 35.0 Å². The fourth-order valence-corrected chi connectivity index (χ4v) is 1.79. The maximum absolute atomic E-state index is 13.7. The fraction of sp³-hybridized carbons (Fsp3) is 0. The molecule has 0 spiro atoms. The molecular weight excluding hydrogens is 302 g/mol. The number of rotatable bonds is 2. The van der Waals surface area contributed by atoms with E-state index < -0.39 is 11.6 Å². The molecular formula is C13H7ClF2N4O. The lowest BCUT2D eigenvalue weighted by Gasteiger charge is -2.00. The summed E-state index contributed by atoms with van der Waals surface area (Å²) in [5, 5.41) is 4.15. The van der Waals surface area contributed by atoms with Crippen LogP contribution in [-0.2, 0) is 0 Å². The molecule has 5 nitrogen and oxygen atoms in total. The van der Waals surface area contributed by atoms with Crippen molar-refractivity contribution >= 4 is 17.3 Å². The quantitative estimate of drug-likeness (QED) is 0.735. The largest absolute Gasteiger partial charge is 0.396 e. The number of halogens is 3. The van der Waals surface area contributed by atoms with Crippen LogP contribution in [0, 0.1) is 11.6 Å². The first-order valence-corrected chi connectivity index (χ1v) is 6.13. The first-order valence-electron chi connectivity index (χ1n) is 5.75. The predicted octanol–water partition coefficient (Wildman–Crippen LogP) is 3.31. The van der Waals surface area contributed by atoms with Gasteiger partial charge >= 0.3 is 0 Å². The number of hydrogen-bond donors (Lipinski definition) is 1. The van der Waals surface area contributed by atoms with Gasteiger partial charge in [-0.25, -0.2) is 8.78 Å². The van der Waals surface area contributed by atoms with Gasteiger partial charge in [0.15, 0.2) is 0 Å². The van der Waals surface area contributed by atoms with Crippen molar-refractivity contribution in [3.8, 4) is 23.0 Å². The second-order valence-electron chi connectivity index (χ2n) is 4.14. The smallest absolute Gasteiger partial charge is 0.261 e. The van der Waals surface area contributed by atoms with Gasteiger partial charge in [0.05, 0.1) is 16.3 Å². The summed E-state index contributed by atoms with van der Waals surface area (Å²) in [5.41, 5.74) is 5.52. The summed E-state index contributed by atoms with van der Waals surface area (Å²) in [4.78, 5) is 8.02. The zero-order valence-electron chi connectivity index (χ0n) is 10.3. The molecule has 8 heteroatoms. The van der Waals surface area contributed by atoms with Crippen molar-refractivity contribution in [2.75, 3.05) is 5.73 Å². The van der Waals surface area contributed by atoms with Gasteiger partial charge in [-0.2, -0.15) is 4.98 Å². The molecule has 0 aliphatic heterocycles. The zero-order valence-corrected chi connectivity index (χ0v) is 11.1. The maximum Gasteiger partial charge on any atom is 0.261 e. The summed E-state index contributed by atoms with van der Waals surface area (Å²) in [6.07, 6.45) is 1.42. The van der Waals surface area contributed by atoms with Gasteiger partial charge in [-0.3, -0.25) is 4.98 Å². The van der Waals surface area contributed by atoms with Gasteiger partial charge in [-0.1, -0.05) is 16.8 Å². The van der Waals surface area contributed by atoms with Crippen LogP contribution in [0.3, 0.4) is 0 Å². The SMILES string of the molecule is Nc1cc(-c2nc(-c3ccc(Cl)cn3)no2)c(F)cc1F. The van der Waals surface area contributed by atoms with Crippen molar-refractivity contribution in [2.45, 2.75) is 0 Å². The van der Waals surface area contributed by atoms with Gasteiger partial charge in [0.2, 0.25) is 5.82 Å². The van der Waals surface area contributed by atoms with Crippen molar-refractivity contribution in [2.24, 2.45) is 0 Å². The summed E-state index contributed by atoms with van der Waals surface area (Å²) < 4.78 is 31.8. The Hall–Kier alpha value is -2.54. The summed E-state index contributed by atoms with van der Waals surface area (Å²) >= 11 is 5.73. The molecule has 3 aromatic rings. The molecule has 0 saturated heterocycles. The molecule has 0 saturated carbocycles. The van der Waals surface area contributed by atoms with Crippen LogP contribution in [0.1, 0.15) is 0 Å². The Morgan fingerprint density at radius 1 is 1.14 bits per heavy atom. The highest BCUT2D eigenvalue weighted by molar-refractivity contribution is 6.30. The molecule has 0 amide bonds. The number of benzene rings is 1. The van der Waals surface area contributed by atoms with E-state index in [2.05, 4.69) is 15.1 Å². The third-order valence-corrected chi connectivity index (χ3v) is 2.92. The molecule has 0 unspecified atom stereocenters. The molecule has 2 N–H and O–H groups in total. The van der Waals surface area contributed by atoms with Crippen LogP contribution in [0.2, 0.25) is 5.02 Å². The number of nitrogen functional groups attached to an aromatic ring is 1. The lowest BCUT2D eigenvalue weighted by molar-refractivity contribution is 0.429. The van der Waals surface area contributed by atoms with Crippen LogP contribution < -0.4 is 5.73 Å². The summed E-state index contributed by atoms with van der Waals surface area (Å²) in [6.45, 7) is 0. The van der Waals surface area contributed by atoms with Crippen LogP contribution in [0.4, 0.5) is 14.5 Å². The second-order valence-corrected chi connectivity index (χ2v) is 4.57. The Labute approximate surface area is 122 Å². The Bertz CT molecular complexity index is 804. The molecule has 1 aromatic carbocycles. The van der Waals surface area contributed by atoms with E-state index in [9.17, 15) is 8.78 Å². The van der Waals surface area contributed by atoms with E-state index in [4.69, 9.17) is 21.9 Å². The predicted molar refractivity (Wildman–Crippen MR) is 72.3 cm³/mol. The van der Waals surface area contributed by atoms with Crippen LogP contribution in [0.25, 0.3) is 23.0 Å². The minimum Gasteiger partial charge on any atom is -0.396 e. The normalized spacial score (nSPS) is 10.8. The van der Waals surface area contributed by atoms with Crippen molar-refractivity contribution < 1.29 is 13.3 Å². The van der Waals surface area contributed by atoms with Crippen molar-refractivity contribution in [1.82, 2.24) is 15.1 Å². The lowest BCUT2D eigenvalue weighted by atomic mass is 10.2. The topological polar surface area (TPSA) is 77.8 Å². The zero-order chi connectivity index (χ0) is 15.0. The summed E-state index contributed by atoms with van der Waals surface area (Å²) in [7, 11) is 0. The molecule has 21 heavy (non-hydrogen) atoms. The van der Waals surface area contributed by atoms with Crippen LogP contribution in [-0.4, -0.2) is 15.1 Å². The maximum atomic E-state index is 13.7. The average molecular weight is 309 g/mol. The van der Waals surface area contributed by atoms with Crippen LogP contribution >= 0.6 is 11.6 Å². The molecule has 0 aliphatic rings. The molecule has 3 rings (SSSR count). The third kappa shape index (κ3) is 2.55. The summed E-state index contributed by atoms with van der Waals surface area (Å²) in [5.74, 6) is -1.66. The Balaban J connectivity index is 2.02. The van der Waals surface area contributed by atoms with E-state index in [-0.39, 0.29) is 23.0 Å². The van der Waals surface area contributed by atoms with Crippen LogP contribution in [0.5, 0.6) is 0 Å². The molecule has 0 atom stereocenters. The molecule has 0 fully saturated rings. The molecule has 2 heterocycles. The number of hydrogen-bond acceptors (Lipinski definition) is 5. The van der Waals surface area contributed by atoms with Gasteiger partial charge in [0, 0.05) is 12.3 Å². The van der Waals surface area contributed by atoms with E-state index in [0.29, 0.717) is 16.8 Å². The average Bonchev–Trinajstić information content (AvgIpc) is 2.93. The highest BCUT2D eigenvalue weighted by Gasteiger charge is 2.17. The molecule has 106 valence electrons. The molecule has 0 bridgehead atoms. The third-order valence-electron chi connectivity index (χ3n) is 2.70. The first-order chi connectivity index (χ1) is 10.0. The van der Waals surface area contributed by atoms with Gasteiger partial charge in [0.1, 0.15) is 17.3 Å². The Kier molecular flexibility index (Phi) is 3.26. The van der Waals surface area contributed by atoms with E-state index in [0.717, 1.165) is 6.07 Å². The number of nitrogens with two attached hydrogens (primary N) is 1. The van der Waals surface area contributed by atoms with Gasteiger partial charge in [-0.05, 0) is 18.2 Å². The van der Waals surface area contributed by atoms with Crippen molar-refractivity contribution in [3.05, 3.63) is 47.1 Å². The van der Waals surface area contributed by atoms with Gasteiger partial charge < -0.3 is 10.3 Å². The minimum absolute atomic E-state index is 0.0818. The number of anilines is 1. The highest BCUT2D eigenvalue weighted by atomic mass is 35.5. The Morgan fingerprint density at radius 2 is 1.95 bits per heavy atom. The molecule has 0 radical (unpaired) electrons. The van der Waals surface area contributed by atoms with E-state index in [1.54, 1.807) is 12.1 Å². The van der Waals surface area contributed by atoms with E-state index in [1.165, 1.54) is 6.20 Å². The monoisotopic (exact) mass is 308 g/mol. The Morgan fingerprint density at radius 3 is 2.67 bits per heavy atom. The minimum atomic E-state index is -0.852. The summed E-state index contributed by atoms with van der Waals surface area (Å²) in [6, 6.07) is 4.95. The van der Waals surface area contributed by atoms with E-state index >= 15 is 0 Å².